The molecule has 34 heavy (non-hydrogen) atoms. The van der Waals surface area contributed by atoms with E-state index in [9.17, 15) is 14.7 Å². The summed E-state index contributed by atoms with van der Waals surface area (Å²) in [5, 5.41) is 11.7. The third-order valence-corrected chi connectivity index (χ3v) is 6.98. The van der Waals surface area contributed by atoms with Gasteiger partial charge in [-0.1, -0.05) is 31.2 Å². The maximum atomic E-state index is 13.7. The number of carbonyl (C=O) groups excluding carboxylic acids is 2. The molecule has 1 N–H and O–H groups in total. The summed E-state index contributed by atoms with van der Waals surface area (Å²) >= 11 is 1.25. The van der Waals surface area contributed by atoms with Gasteiger partial charge in [0.05, 0.1) is 41.4 Å². The number of thiazole rings is 1. The summed E-state index contributed by atoms with van der Waals surface area (Å²) < 4.78 is 10.7. The number of Topliss-reactive ketones (excluding diaryl/α,β-unsaturated/α-hetero) is 1. The molecule has 0 bridgehead atoms. The number of benzene rings is 2. The van der Waals surface area contributed by atoms with Crippen LogP contribution in [-0.4, -0.2) is 36.0 Å². The van der Waals surface area contributed by atoms with Crippen molar-refractivity contribution in [2.24, 2.45) is 0 Å². The highest BCUT2D eigenvalue weighted by Crippen LogP contribution is 2.44. The minimum Gasteiger partial charge on any atom is -0.503 e. The molecule has 0 radical (unpaired) electrons. The van der Waals surface area contributed by atoms with Crippen molar-refractivity contribution in [3.63, 3.8) is 0 Å². The van der Waals surface area contributed by atoms with Crippen molar-refractivity contribution < 1.29 is 24.2 Å². The van der Waals surface area contributed by atoms with Crippen molar-refractivity contribution in [1.29, 1.82) is 0 Å². The second-order valence-electron chi connectivity index (χ2n) is 7.95. The Bertz CT molecular complexity index is 1290. The number of nitrogens with zero attached hydrogens (tertiary/aromatic N) is 2. The van der Waals surface area contributed by atoms with Gasteiger partial charge >= 0.3 is 0 Å². The van der Waals surface area contributed by atoms with Gasteiger partial charge in [0, 0.05) is 11.8 Å². The van der Waals surface area contributed by atoms with Crippen molar-refractivity contribution >= 4 is 28.7 Å². The van der Waals surface area contributed by atoms with Gasteiger partial charge in [0.1, 0.15) is 0 Å². The number of amides is 1. The molecule has 1 aliphatic rings. The average Bonchev–Trinajstić information content (AvgIpc) is 3.33. The Hall–Kier alpha value is -3.65. The first-order valence-corrected chi connectivity index (χ1v) is 11.7. The number of anilines is 1. The van der Waals surface area contributed by atoms with Gasteiger partial charge in [-0.15, -0.1) is 11.3 Å². The molecule has 1 amide bonds. The van der Waals surface area contributed by atoms with Crippen molar-refractivity contribution in [1.82, 2.24) is 4.98 Å². The summed E-state index contributed by atoms with van der Waals surface area (Å²) in [7, 11) is 3.04. The predicted octanol–water partition coefficient (Wildman–Crippen LogP) is 5.12. The van der Waals surface area contributed by atoms with Crippen LogP contribution in [0.4, 0.5) is 5.69 Å². The van der Waals surface area contributed by atoms with E-state index in [2.05, 4.69) is 11.9 Å². The highest BCUT2D eigenvalue weighted by atomic mass is 32.1. The first kappa shape index (κ1) is 23.5. The molecule has 8 heteroatoms. The van der Waals surface area contributed by atoms with Crippen LogP contribution in [0.3, 0.4) is 0 Å². The first-order chi connectivity index (χ1) is 16.3. The van der Waals surface area contributed by atoms with Crippen LogP contribution in [-0.2, 0) is 11.2 Å². The fourth-order valence-corrected chi connectivity index (χ4v) is 5.07. The average molecular weight is 479 g/mol. The molecule has 7 nitrogen and oxygen atoms in total. The van der Waals surface area contributed by atoms with E-state index < -0.39 is 23.5 Å². The molecule has 0 spiro atoms. The standard InChI is InChI=1S/C26H26N2O5S/c1-6-16-7-9-17(10-8-16)22-21(23(29)25-14(2)27-15(3)34-25)24(30)26(31)28(22)18-11-12-19(32-4)20(13-18)33-5/h7-13,22,30H,6H2,1-5H3. The fraction of sp³-hybridized carbons (Fsp3) is 0.269. The number of methoxy groups -OCH3 is 2. The number of aliphatic hydroxyl groups excluding tert-OH is 1. The molecular weight excluding hydrogens is 452 g/mol. The van der Waals surface area contributed by atoms with Gasteiger partial charge in [-0.05, 0) is 43.5 Å². The largest absolute Gasteiger partial charge is 0.503 e. The minimum absolute atomic E-state index is 0.0378. The molecule has 0 fully saturated rings. The Balaban J connectivity index is 1.89. The van der Waals surface area contributed by atoms with E-state index in [1.807, 2.05) is 31.2 Å². The van der Waals surface area contributed by atoms with Crippen molar-refractivity contribution in [2.45, 2.75) is 33.2 Å². The topological polar surface area (TPSA) is 89.0 Å². The number of hydrogen-bond acceptors (Lipinski definition) is 7. The molecule has 1 unspecified atom stereocenters. The monoisotopic (exact) mass is 478 g/mol. The Morgan fingerprint density at radius 1 is 1.09 bits per heavy atom. The van der Waals surface area contributed by atoms with Gasteiger partial charge in [-0.2, -0.15) is 0 Å². The number of aromatic nitrogens is 1. The quantitative estimate of drug-likeness (QED) is 0.474. The van der Waals surface area contributed by atoms with Gasteiger partial charge in [-0.3, -0.25) is 14.5 Å². The van der Waals surface area contributed by atoms with Crippen molar-refractivity contribution in [3.05, 3.63) is 80.5 Å². The Morgan fingerprint density at radius 3 is 2.32 bits per heavy atom. The van der Waals surface area contributed by atoms with Crippen LogP contribution in [0, 0.1) is 13.8 Å². The van der Waals surface area contributed by atoms with Crippen molar-refractivity contribution in [3.8, 4) is 11.5 Å². The highest BCUT2D eigenvalue weighted by molar-refractivity contribution is 7.14. The zero-order valence-electron chi connectivity index (χ0n) is 19.7. The molecule has 1 aromatic heterocycles. The third kappa shape index (κ3) is 3.94. The molecule has 0 aliphatic carbocycles. The van der Waals surface area contributed by atoms with Crippen LogP contribution in [0.2, 0.25) is 0 Å². The summed E-state index contributed by atoms with van der Waals surface area (Å²) in [6, 6.07) is 11.9. The molecular formula is C26H26N2O5S. The van der Waals surface area contributed by atoms with Gasteiger partial charge in [0.25, 0.3) is 5.91 Å². The second-order valence-corrected chi connectivity index (χ2v) is 9.15. The lowest BCUT2D eigenvalue weighted by Crippen LogP contribution is -2.31. The highest BCUT2D eigenvalue weighted by Gasteiger charge is 2.45. The van der Waals surface area contributed by atoms with Crippen LogP contribution < -0.4 is 14.4 Å². The molecule has 3 aromatic rings. The smallest absolute Gasteiger partial charge is 0.294 e. The van der Waals surface area contributed by atoms with E-state index >= 15 is 0 Å². The van der Waals surface area contributed by atoms with E-state index in [1.165, 1.54) is 30.5 Å². The van der Waals surface area contributed by atoms with Gasteiger partial charge < -0.3 is 14.6 Å². The molecule has 176 valence electrons. The zero-order valence-corrected chi connectivity index (χ0v) is 20.5. The van der Waals surface area contributed by atoms with E-state index in [0.717, 1.165) is 17.0 Å². The zero-order chi connectivity index (χ0) is 24.6. The second kappa shape index (κ2) is 9.30. The number of ketones is 1. The summed E-state index contributed by atoms with van der Waals surface area (Å²) in [4.78, 5) is 33.2. The lowest BCUT2D eigenvalue weighted by atomic mass is 9.94. The number of ether oxygens (including phenoxy) is 2. The third-order valence-electron chi connectivity index (χ3n) is 5.91. The summed E-state index contributed by atoms with van der Waals surface area (Å²) in [6.45, 7) is 5.63. The SMILES string of the molecule is CCc1ccc(C2C(C(=O)c3sc(C)nc3C)=C(O)C(=O)N2c2ccc(OC)c(OC)c2)cc1. The number of rotatable bonds is 7. The molecule has 2 aromatic carbocycles. The number of hydrogen-bond donors (Lipinski definition) is 1. The van der Waals surface area contributed by atoms with Gasteiger partial charge in [0.2, 0.25) is 5.78 Å². The Kier molecular flexibility index (Phi) is 6.43. The molecule has 1 atom stereocenters. The van der Waals surface area contributed by atoms with Crippen molar-refractivity contribution in [2.75, 3.05) is 19.1 Å². The fourth-order valence-electron chi connectivity index (χ4n) is 4.19. The minimum atomic E-state index is -0.814. The molecule has 0 saturated heterocycles. The maximum absolute atomic E-state index is 13.7. The van der Waals surface area contributed by atoms with E-state index in [4.69, 9.17) is 9.47 Å². The lowest BCUT2D eigenvalue weighted by molar-refractivity contribution is -0.117. The Morgan fingerprint density at radius 2 is 1.76 bits per heavy atom. The normalized spacial score (nSPS) is 15.7. The van der Waals surface area contributed by atoms with E-state index in [0.29, 0.717) is 33.3 Å². The van der Waals surface area contributed by atoms with Crippen LogP contribution in [0.1, 0.15) is 44.5 Å². The van der Waals surface area contributed by atoms with Crippen LogP contribution in [0.5, 0.6) is 11.5 Å². The van der Waals surface area contributed by atoms with Crippen LogP contribution in [0.15, 0.2) is 53.8 Å². The van der Waals surface area contributed by atoms with Gasteiger partial charge in [-0.25, -0.2) is 4.98 Å². The summed E-state index contributed by atoms with van der Waals surface area (Å²) in [5.74, 6) is -0.678. The predicted molar refractivity (Wildman–Crippen MR) is 131 cm³/mol. The number of carbonyl (C=O) groups is 2. The molecule has 4 rings (SSSR count). The lowest BCUT2D eigenvalue weighted by Gasteiger charge is -2.27. The molecule has 0 saturated carbocycles. The van der Waals surface area contributed by atoms with Crippen LogP contribution in [0.25, 0.3) is 0 Å². The van der Waals surface area contributed by atoms with Gasteiger partial charge in [0.15, 0.2) is 17.3 Å². The maximum Gasteiger partial charge on any atom is 0.294 e. The molecule has 1 aliphatic heterocycles. The summed E-state index contributed by atoms with van der Waals surface area (Å²) in [5.41, 5.74) is 2.92. The van der Waals surface area contributed by atoms with Crippen LogP contribution >= 0.6 is 11.3 Å². The van der Waals surface area contributed by atoms with E-state index in [1.54, 1.807) is 25.1 Å². The number of aliphatic hydroxyl groups is 1. The summed E-state index contributed by atoms with van der Waals surface area (Å²) in [6.07, 6.45) is 0.857. The number of aryl methyl sites for hydroxylation is 3. The Labute approximate surface area is 202 Å². The molecule has 2 heterocycles. The van der Waals surface area contributed by atoms with E-state index in [-0.39, 0.29) is 5.57 Å². The first-order valence-electron chi connectivity index (χ1n) is 10.9.